The molecule has 0 radical (unpaired) electrons. The van der Waals surface area contributed by atoms with Crippen molar-refractivity contribution in [2.24, 2.45) is 0 Å². The number of aryl methyl sites for hydroxylation is 1. The van der Waals surface area contributed by atoms with Crippen molar-refractivity contribution in [3.8, 4) is 11.1 Å². The van der Waals surface area contributed by atoms with Gasteiger partial charge in [-0.2, -0.15) is 0 Å². The summed E-state index contributed by atoms with van der Waals surface area (Å²) in [6.07, 6.45) is 2.54. The minimum Gasteiger partial charge on any atom is -0.448 e. The smallest absolute Gasteiger partial charge is 0.410 e. The van der Waals surface area contributed by atoms with E-state index < -0.39 is 5.60 Å². The van der Waals surface area contributed by atoms with Crippen LogP contribution in [0, 0.1) is 12.7 Å². The van der Waals surface area contributed by atoms with Crippen LogP contribution in [0.4, 0.5) is 9.18 Å². The molecule has 5 heteroatoms. The van der Waals surface area contributed by atoms with Crippen molar-refractivity contribution in [1.29, 1.82) is 0 Å². The molecule has 0 saturated carbocycles. The molecule has 3 aliphatic rings. The molecule has 3 aromatic carbocycles. The summed E-state index contributed by atoms with van der Waals surface area (Å²) in [5, 5.41) is 11.4. The van der Waals surface area contributed by atoms with E-state index in [1.54, 1.807) is 19.1 Å². The summed E-state index contributed by atoms with van der Waals surface area (Å²) in [6.45, 7) is 2.04. The van der Waals surface area contributed by atoms with Gasteiger partial charge in [-0.05, 0) is 66.0 Å². The highest BCUT2D eigenvalue weighted by Crippen LogP contribution is 2.46. The molecule has 0 spiro atoms. The van der Waals surface area contributed by atoms with Crippen LogP contribution in [-0.2, 0) is 11.2 Å². The fourth-order valence-electron chi connectivity index (χ4n) is 6.63. The monoisotopic (exact) mass is 471 g/mol. The zero-order valence-electron chi connectivity index (χ0n) is 19.9. The predicted molar refractivity (Wildman–Crippen MR) is 133 cm³/mol. The second-order valence-electron chi connectivity index (χ2n) is 10.5. The van der Waals surface area contributed by atoms with Crippen LogP contribution in [0.25, 0.3) is 11.1 Å². The lowest BCUT2D eigenvalue weighted by atomic mass is 9.81. The molecular formula is C30H30FNO3. The van der Waals surface area contributed by atoms with E-state index in [2.05, 4.69) is 24.3 Å². The van der Waals surface area contributed by atoms with Crippen LogP contribution in [0.5, 0.6) is 0 Å². The third-order valence-corrected chi connectivity index (χ3v) is 8.19. The second kappa shape index (κ2) is 8.49. The molecule has 6 rings (SSSR count). The molecule has 35 heavy (non-hydrogen) atoms. The topological polar surface area (TPSA) is 49.8 Å². The van der Waals surface area contributed by atoms with Gasteiger partial charge in [0.15, 0.2) is 0 Å². The normalized spacial score (nSPS) is 24.8. The first-order valence-corrected chi connectivity index (χ1v) is 12.5. The van der Waals surface area contributed by atoms with E-state index in [0.717, 1.165) is 12.8 Å². The highest BCUT2D eigenvalue weighted by atomic mass is 19.1. The first-order valence-electron chi connectivity index (χ1n) is 12.5. The molecule has 1 aliphatic carbocycles. The van der Waals surface area contributed by atoms with Crippen LogP contribution in [0.3, 0.4) is 0 Å². The van der Waals surface area contributed by atoms with Gasteiger partial charge in [0.1, 0.15) is 12.4 Å². The third-order valence-electron chi connectivity index (χ3n) is 8.19. The van der Waals surface area contributed by atoms with Crippen molar-refractivity contribution < 1.29 is 19.0 Å². The summed E-state index contributed by atoms with van der Waals surface area (Å²) >= 11 is 0. The lowest BCUT2D eigenvalue weighted by Crippen LogP contribution is -2.54. The number of amides is 1. The van der Waals surface area contributed by atoms with Gasteiger partial charge in [-0.1, -0.05) is 66.7 Å². The van der Waals surface area contributed by atoms with Crippen molar-refractivity contribution in [3.63, 3.8) is 0 Å². The number of ether oxygens (including phenoxy) is 1. The van der Waals surface area contributed by atoms with Gasteiger partial charge in [-0.25, -0.2) is 9.18 Å². The number of aliphatic hydroxyl groups is 1. The Labute approximate surface area is 205 Å². The lowest BCUT2D eigenvalue weighted by molar-refractivity contribution is -0.0484. The Hall–Kier alpha value is -3.18. The number of hydrogen-bond donors (Lipinski definition) is 1. The molecule has 3 aromatic rings. The minimum atomic E-state index is -1.01. The van der Waals surface area contributed by atoms with E-state index in [-0.39, 0.29) is 36.3 Å². The van der Waals surface area contributed by atoms with Gasteiger partial charge in [0.2, 0.25) is 0 Å². The van der Waals surface area contributed by atoms with Gasteiger partial charge < -0.3 is 14.7 Å². The van der Waals surface area contributed by atoms with Crippen LogP contribution < -0.4 is 0 Å². The third kappa shape index (κ3) is 3.82. The molecule has 2 heterocycles. The second-order valence-corrected chi connectivity index (χ2v) is 10.5. The number of nitrogens with zero attached hydrogens (tertiary/aromatic N) is 1. The summed E-state index contributed by atoms with van der Waals surface area (Å²) in [7, 11) is 0. The first-order chi connectivity index (χ1) is 16.9. The van der Waals surface area contributed by atoms with Crippen molar-refractivity contribution in [2.45, 2.75) is 62.6 Å². The molecule has 2 saturated heterocycles. The molecule has 1 N–H and O–H groups in total. The van der Waals surface area contributed by atoms with Crippen molar-refractivity contribution >= 4 is 6.09 Å². The Bertz CT molecular complexity index is 1230. The van der Waals surface area contributed by atoms with E-state index in [9.17, 15) is 14.3 Å². The number of benzene rings is 3. The molecular weight excluding hydrogens is 441 g/mol. The molecule has 180 valence electrons. The molecule has 2 atom stereocenters. The lowest BCUT2D eigenvalue weighted by Gasteiger charge is -2.43. The minimum absolute atomic E-state index is 0.0232. The van der Waals surface area contributed by atoms with Crippen molar-refractivity contribution in [1.82, 2.24) is 4.90 Å². The SMILES string of the molecule is Cc1cccc(CC2(O)CC3CCC(C2)N3C(=O)OCC2c3ccccc3-c3ccccc32)c1F. The first kappa shape index (κ1) is 22.3. The fraction of sp³-hybridized carbons (Fsp3) is 0.367. The Morgan fingerprint density at radius 2 is 1.57 bits per heavy atom. The number of hydrogen-bond acceptors (Lipinski definition) is 3. The average molecular weight is 472 g/mol. The number of carbonyl (C=O) groups excluding carboxylic acids is 1. The van der Waals surface area contributed by atoms with E-state index >= 15 is 0 Å². The van der Waals surface area contributed by atoms with E-state index in [1.165, 1.54) is 22.3 Å². The highest BCUT2D eigenvalue weighted by Gasteiger charge is 2.50. The standard InChI is InChI=1S/C30H30FNO3/c1-19-7-6-8-20(28(19)31)15-30(34)16-21-13-14-22(17-30)32(21)29(33)35-18-27-25-11-4-2-9-23(25)24-10-3-5-12-26(24)27/h2-12,21-22,27,34H,13-18H2,1H3. The van der Waals surface area contributed by atoms with E-state index in [0.29, 0.717) is 30.6 Å². The molecule has 2 fully saturated rings. The van der Waals surface area contributed by atoms with E-state index in [1.807, 2.05) is 35.2 Å². The Balaban J connectivity index is 1.16. The van der Waals surface area contributed by atoms with Crippen LogP contribution in [-0.4, -0.2) is 40.4 Å². The predicted octanol–water partition coefficient (Wildman–Crippen LogP) is 5.98. The summed E-state index contributed by atoms with van der Waals surface area (Å²) < 4.78 is 20.5. The number of piperidine rings is 1. The molecule has 1 amide bonds. The Morgan fingerprint density at radius 3 is 2.20 bits per heavy atom. The Kier molecular flexibility index (Phi) is 5.41. The number of halogens is 1. The maximum absolute atomic E-state index is 14.6. The molecule has 2 aliphatic heterocycles. The summed E-state index contributed by atoms with van der Waals surface area (Å²) in [5.74, 6) is -0.220. The molecule has 2 bridgehead atoms. The molecule has 0 aromatic heterocycles. The van der Waals surface area contributed by atoms with Crippen LogP contribution in [0.2, 0.25) is 0 Å². The number of rotatable bonds is 4. The van der Waals surface area contributed by atoms with Crippen molar-refractivity contribution in [3.05, 3.63) is 94.8 Å². The average Bonchev–Trinajstić information content (AvgIpc) is 3.33. The van der Waals surface area contributed by atoms with Gasteiger partial charge in [-0.3, -0.25) is 0 Å². The maximum atomic E-state index is 14.6. The Morgan fingerprint density at radius 1 is 0.971 bits per heavy atom. The zero-order chi connectivity index (χ0) is 24.2. The molecule has 4 nitrogen and oxygen atoms in total. The number of carbonyl (C=O) groups is 1. The fourth-order valence-corrected chi connectivity index (χ4v) is 6.63. The number of fused-ring (bicyclic) bond motifs is 5. The van der Waals surface area contributed by atoms with E-state index in [4.69, 9.17) is 4.74 Å². The molecule has 2 unspecified atom stereocenters. The largest absolute Gasteiger partial charge is 0.448 e. The van der Waals surface area contributed by atoms with Crippen LogP contribution >= 0.6 is 0 Å². The summed E-state index contributed by atoms with van der Waals surface area (Å²) in [4.78, 5) is 15.1. The van der Waals surface area contributed by atoms with Gasteiger partial charge in [0.25, 0.3) is 0 Å². The van der Waals surface area contributed by atoms with Gasteiger partial charge in [-0.15, -0.1) is 0 Å². The van der Waals surface area contributed by atoms with Gasteiger partial charge in [0.05, 0.1) is 5.60 Å². The highest BCUT2D eigenvalue weighted by molar-refractivity contribution is 5.79. The van der Waals surface area contributed by atoms with Crippen LogP contribution in [0.1, 0.15) is 53.9 Å². The van der Waals surface area contributed by atoms with Crippen molar-refractivity contribution in [2.75, 3.05) is 6.61 Å². The summed E-state index contributed by atoms with van der Waals surface area (Å²) in [5.41, 5.74) is 4.91. The summed E-state index contributed by atoms with van der Waals surface area (Å²) in [6, 6.07) is 21.8. The maximum Gasteiger partial charge on any atom is 0.410 e. The zero-order valence-corrected chi connectivity index (χ0v) is 19.9. The van der Waals surface area contributed by atoms with Crippen LogP contribution in [0.15, 0.2) is 66.7 Å². The van der Waals surface area contributed by atoms with Gasteiger partial charge in [0, 0.05) is 24.4 Å². The quantitative estimate of drug-likeness (QED) is 0.509. The van der Waals surface area contributed by atoms with Gasteiger partial charge >= 0.3 is 6.09 Å².